The number of benzene rings is 1. The predicted octanol–water partition coefficient (Wildman–Crippen LogP) is 4.25. The second-order valence-corrected chi connectivity index (χ2v) is 11.0. The maximum Gasteiger partial charge on any atom is 0.318 e. The molecule has 0 fully saturated rings. The van der Waals surface area contributed by atoms with E-state index in [4.69, 9.17) is 0 Å². The molecule has 5 rings (SSSR count). The molecule has 37 heavy (non-hydrogen) atoms. The summed E-state index contributed by atoms with van der Waals surface area (Å²) in [6.07, 6.45) is 6.35. The summed E-state index contributed by atoms with van der Waals surface area (Å²) in [6.45, 7) is 8.02. The van der Waals surface area contributed by atoms with Crippen LogP contribution in [-0.2, 0) is 13.6 Å². The highest BCUT2D eigenvalue weighted by Gasteiger charge is 2.23. The number of aromatic amines is 1. The lowest BCUT2D eigenvalue weighted by atomic mass is 10.0. The predicted molar refractivity (Wildman–Crippen MR) is 148 cm³/mol. The Hall–Kier alpha value is -3.92. The second-order valence-electron chi connectivity index (χ2n) is 11.0. The molecule has 0 bridgehead atoms. The molecule has 3 N–H and O–H groups in total. The van der Waals surface area contributed by atoms with Crippen LogP contribution in [0.1, 0.15) is 38.4 Å². The summed E-state index contributed by atoms with van der Waals surface area (Å²) >= 11 is 0. The maximum absolute atomic E-state index is 12.5. The standard InChI is InChI=1S/C27H35N9O/c1-27(2,3)33-26(37)36-9-7-17(8-10-36)22-13-21-24(28-16-29-25(21)32-22)31-20-11-18-14-30-35(6)23(18)19(12-20)15-34(4)5/h7,11-14,16H,8-10,15H2,1-6H3,(H,33,37)(H2,28,29,31,32). The number of fused-ring (bicyclic) bond motifs is 2. The Balaban J connectivity index is 1.40. The largest absolute Gasteiger partial charge is 0.340 e. The number of rotatable bonds is 5. The van der Waals surface area contributed by atoms with Crippen LogP contribution in [-0.4, -0.2) is 73.3 Å². The number of nitrogens with zero attached hydrogens (tertiary/aromatic N) is 6. The number of hydrogen-bond acceptors (Lipinski definition) is 6. The zero-order valence-corrected chi connectivity index (χ0v) is 22.4. The Labute approximate surface area is 216 Å². The average Bonchev–Trinajstić information content (AvgIpc) is 3.42. The molecule has 194 valence electrons. The maximum atomic E-state index is 12.5. The smallest absolute Gasteiger partial charge is 0.318 e. The van der Waals surface area contributed by atoms with Gasteiger partial charge in [-0.25, -0.2) is 14.8 Å². The molecule has 4 heterocycles. The summed E-state index contributed by atoms with van der Waals surface area (Å²) in [5.41, 5.74) is 5.98. The number of aryl methyl sites for hydroxylation is 1. The van der Waals surface area contributed by atoms with Crippen molar-refractivity contribution in [3.8, 4) is 0 Å². The molecule has 0 aliphatic carbocycles. The lowest BCUT2D eigenvalue weighted by Crippen LogP contribution is -2.49. The summed E-state index contributed by atoms with van der Waals surface area (Å²) in [6, 6.07) is 6.32. The molecule has 0 atom stereocenters. The van der Waals surface area contributed by atoms with Gasteiger partial charge in [0.15, 0.2) is 0 Å². The van der Waals surface area contributed by atoms with Gasteiger partial charge in [-0.3, -0.25) is 4.68 Å². The van der Waals surface area contributed by atoms with Gasteiger partial charge < -0.3 is 25.4 Å². The van der Waals surface area contributed by atoms with Gasteiger partial charge in [0.25, 0.3) is 0 Å². The van der Waals surface area contributed by atoms with E-state index < -0.39 is 0 Å². The lowest BCUT2D eigenvalue weighted by molar-refractivity contribution is 0.193. The van der Waals surface area contributed by atoms with Crippen molar-refractivity contribution >= 4 is 45.0 Å². The highest BCUT2D eigenvalue weighted by atomic mass is 16.2. The minimum Gasteiger partial charge on any atom is -0.340 e. The molecule has 1 aliphatic rings. The third-order valence-electron chi connectivity index (χ3n) is 6.41. The van der Waals surface area contributed by atoms with Gasteiger partial charge in [-0.2, -0.15) is 5.10 Å². The van der Waals surface area contributed by atoms with Crippen LogP contribution in [0.4, 0.5) is 16.3 Å². The van der Waals surface area contributed by atoms with Crippen LogP contribution in [0.5, 0.6) is 0 Å². The van der Waals surface area contributed by atoms with E-state index in [0.29, 0.717) is 13.1 Å². The summed E-state index contributed by atoms with van der Waals surface area (Å²) in [7, 11) is 6.10. The third kappa shape index (κ3) is 5.29. The Morgan fingerprint density at radius 1 is 1.19 bits per heavy atom. The highest BCUT2D eigenvalue weighted by Crippen LogP contribution is 2.31. The van der Waals surface area contributed by atoms with Gasteiger partial charge in [0.2, 0.25) is 0 Å². The van der Waals surface area contributed by atoms with E-state index in [9.17, 15) is 4.79 Å². The number of H-pyrrole nitrogens is 1. The number of carbonyl (C=O) groups is 1. The topological polar surface area (TPSA) is 107 Å². The first-order valence-electron chi connectivity index (χ1n) is 12.5. The highest BCUT2D eigenvalue weighted by molar-refractivity contribution is 5.94. The van der Waals surface area contributed by atoms with Crippen LogP contribution in [0.3, 0.4) is 0 Å². The molecule has 1 aromatic carbocycles. The van der Waals surface area contributed by atoms with E-state index in [1.54, 1.807) is 6.33 Å². The van der Waals surface area contributed by atoms with E-state index in [1.807, 2.05) is 43.6 Å². The lowest BCUT2D eigenvalue weighted by Gasteiger charge is -2.30. The molecule has 10 heteroatoms. The summed E-state index contributed by atoms with van der Waals surface area (Å²) in [5, 5.41) is 13.0. The van der Waals surface area contributed by atoms with E-state index in [1.165, 1.54) is 11.1 Å². The van der Waals surface area contributed by atoms with Crippen molar-refractivity contribution in [2.75, 3.05) is 32.5 Å². The number of aromatic nitrogens is 5. The van der Waals surface area contributed by atoms with Crippen molar-refractivity contribution in [3.63, 3.8) is 0 Å². The van der Waals surface area contributed by atoms with E-state index in [2.05, 4.69) is 74.0 Å². The summed E-state index contributed by atoms with van der Waals surface area (Å²) in [4.78, 5) is 29.0. The van der Waals surface area contributed by atoms with Gasteiger partial charge in [-0.05, 0) is 70.6 Å². The van der Waals surface area contributed by atoms with Crippen LogP contribution in [0.2, 0.25) is 0 Å². The summed E-state index contributed by atoms with van der Waals surface area (Å²) in [5.74, 6) is 0.745. The Bertz CT molecular complexity index is 1490. The quantitative estimate of drug-likeness (QED) is 0.378. The van der Waals surface area contributed by atoms with Gasteiger partial charge in [-0.1, -0.05) is 6.08 Å². The van der Waals surface area contributed by atoms with Crippen molar-refractivity contribution in [3.05, 3.63) is 48.1 Å². The van der Waals surface area contributed by atoms with E-state index >= 15 is 0 Å². The normalized spacial score (nSPS) is 14.5. The molecule has 1 aliphatic heterocycles. The number of carbonyl (C=O) groups excluding carboxylic acids is 1. The van der Waals surface area contributed by atoms with Gasteiger partial charge in [0.1, 0.15) is 17.8 Å². The van der Waals surface area contributed by atoms with Crippen LogP contribution >= 0.6 is 0 Å². The first-order valence-corrected chi connectivity index (χ1v) is 12.5. The number of anilines is 2. The monoisotopic (exact) mass is 501 g/mol. The minimum absolute atomic E-state index is 0.0315. The molecule has 3 aromatic heterocycles. The Morgan fingerprint density at radius 3 is 2.70 bits per heavy atom. The van der Waals surface area contributed by atoms with Crippen LogP contribution < -0.4 is 10.6 Å². The molecule has 10 nitrogen and oxygen atoms in total. The second kappa shape index (κ2) is 9.51. The number of hydrogen-bond donors (Lipinski definition) is 3. The average molecular weight is 502 g/mol. The molecule has 2 amide bonds. The van der Waals surface area contributed by atoms with Crippen LogP contribution in [0.15, 0.2) is 36.8 Å². The van der Waals surface area contributed by atoms with Crippen molar-refractivity contribution < 1.29 is 4.79 Å². The first-order chi connectivity index (χ1) is 17.6. The third-order valence-corrected chi connectivity index (χ3v) is 6.41. The number of amides is 2. The van der Waals surface area contributed by atoms with Crippen molar-refractivity contribution in [2.45, 2.75) is 39.3 Å². The van der Waals surface area contributed by atoms with Crippen molar-refractivity contribution in [1.82, 2.24) is 39.8 Å². The molecule has 0 saturated carbocycles. The van der Waals surface area contributed by atoms with E-state index in [0.717, 1.165) is 52.1 Å². The summed E-state index contributed by atoms with van der Waals surface area (Å²) < 4.78 is 1.92. The zero-order valence-electron chi connectivity index (χ0n) is 22.4. The first kappa shape index (κ1) is 24.8. The Kier molecular flexibility index (Phi) is 6.36. The molecular weight excluding hydrogens is 466 g/mol. The van der Waals surface area contributed by atoms with Gasteiger partial charge in [-0.15, -0.1) is 0 Å². The van der Waals surface area contributed by atoms with Crippen molar-refractivity contribution in [2.24, 2.45) is 7.05 Å². The minimum atomic E-state index is -0.255. The van der Waals surface area contributed by atoms with Gasteiger partial charge >= 0.3 is 6.03 Å². The van der Waals surface area contributed by atoms with Gasteiger partial charge in [0.05, 0.1) is 17.1 Å². The van der Waals surface area contributed by atoms with Crippen molar-refractivity contribution in [1.29, 1.82) is 0 Å². The van der Waals surface area contributed by atoms with Crippen LogP contribution in [0.25, 0.3) is 27.5 Å². The zero-order chi connectivity index (χ0) is 26.3. The molecule has 0 spiro atoms. The molecule has 0 unspecified atom stereocenters. The molecular formula is C27H35N9O. The molecule has 0 saturated heterocycles. The van der Waals surface area contributed by atoms with Gasteiger partial charge in [0, 0.05) is 49.0 Å². The molecule has 0 radical (unpaired) electrons. The van der Waals surface area contributed by atoms with Crippen LogP contribution in [0, 0.1) is 0 Å². The number of nitrogens with one attached hydrogen (secondary N) is 3. The number of urea groups is 1. The fourth-order valence-electron chi connectivity index (χ4n) is 4.80. The SMILES string of the molecule is CN(C)Cc1cc(Nc2ncnc3[nH]c(C4=CCN(C(=O)NC(C)(C)C)CC4)cc23)cc2cnn(C)c12. The van der Waals surface area contributed by atoms with E-state index in [-0.39, 0.29) is 11.6 Å². The fraction of sp³-hybridized carbons (Fsp3) is 0.407. The Morgan fingerprint density at radius 2 is 2.00 bits per heavy atom. The fourth-order valence-corrected chi connectivity index (χ4v) is 4.80. The molecule has 4 aromatic rings.